The average molecular weight is 400 g/mol. The number of benzene rings is 1. The summed E-state index contributed by atoms with van der Waals surface area (Å²) in [6, 6.07) is 8.75. The number of carbonyl (C=O) groups excluding carboxylic acids is 1. The Labute approximate surface area is 178 Å². The third-order valence-electron chi connectivity index (χ3n) is 2.40. The zero-order valence-corrected chi connectivity index (χ0v) is 18.6. The molecule has 0 amide bonds. The van der Waals surface area contributed by atoms with E-state index in [0.717, 1.165) is 11.0 Å². The second kappa shape index (κ2) is 14.5. The SMILES string of the molecule is C=CC(=O)OCC[N+](C)(C)C.O=S(=O)([O-])C=Cc1ccccc1.[Cl-].[Na+]. The van der Waals surface area contributed by atoms with Gasteiger partial charge in [0.15, 0.2) is 0 Å². The van der Waals surface area contributed by atoms with Crippen LogP contribution in [0, 0.1) is 0 Å². The number of nitrogens with zero attached hydrogens (tertiary/aromatic N) is 1. The molecule has 136 valence electrons. The minimum Gasteiger partial charge on any atom is -1.00 e. The van der Waals surface area contributed by atoms with Gasteiger partial charge >= 0.3 is 35.5 Å². The van der Waals surface area contributed by atoms with Gasteiger partial charge in [-0.15, -0.1) is 0 Å². The average Bonchev–Trinajstić information content (AvgIpc) is 2.45. The summed E-state index contributed by atoms with van der Waals surface area (Å²) < 4.78 is 36.1. The van der Waals surface area contributed by atoms with Crippen molar-refractivity contribution in [1.29, 1.82) is 0 Å². The summed E-state index contributed by atoms with van der Waals surface area (Å²) in [5, 5.41) is 0.641. The summed E-state index contributed by atoms with van der Waals surface area (Å²) in [7, 11) is 1.88. The summed E-state index contributed by atoms with van der Waals surface area (Å²) in [6.45, 7) is 4.57. The van der Waals surface area contributed by atoms with Crippen molar-refractivity contribution in [1.82, 2.24) is 0 Å². The number of esters is 1. The molecule has 0 aliphatic carbocycles. The van der Waals surface area contributed by atoms with Crippen LogP contribution in [0.15, 0.2) is 48.4 Å². The molecule has 0 spiro atoms. The zero-order valence-electron chi connectivity index (χ0n) is 15.0. The van der Waals surface area contributed by atoms with Gasteiger partial charge in [0.25, 0.3) is 0 Å². The first-order valence-electron chi connectivity index (χ1n) is 6.82. The number of quaternary nitrogens is 1. The smallest absolute Gasteiger partial charge is 1.00 e. The van der Waals surface area contributed by atoms with Crippen LogP contribution in [0.1, 0.15) is 5.56 Å². The van der Waals surface area contributed by atoms with Crippen LogP contribution in [0.3, 0.4) is 0 Å². The summed E-state index contributed by atoms with van der Waals surface area (Å²) in [5.41, 5.74) is 0.692. The number of carbonyl (C=O) groups is 1. The second-order valence-electron chi connectivity index (χ2n) is 5.59. The Hall–Kier alpha value is -0.670. The third-order valence-corrected chi connectivity index (χ3v) is 2.87. The second-order valence-corrected chi connectivity index (χ2v) is 6.85. The van der Waals surface area contributed by atoms with Gasteiger partial charge in [0, 0.05) is 11.5 Å². The standard InChI is InChI=1S/C8H16NO2.C8H8O3S.ClH.Na/c1-5-8(10)11-7-6-9(2,3)4;9-12(10,11)7-6-8-4-2-1-3-5-8;;/h5H,1,6-7H2,2-4H3;1-7H,(H,9,10,11);1H;/q+1;;;+1/p-2. The first-order valence-corrected chi connectivity index (χ1v) is 8.29. The molecule has 25 heavy (non-hydrogen) atoms. The van der Waals surface area contributed by atoms with Crippen molar-refractivity contribution in [3.63, 3.8) is 0 Å². The van der Waals surface area contributed by atoms with Crippen molar-refractivity contribution >= 4 is 22.2 Å². The predicted molar refractivity (Wildman–Crippen MR) is 89.2 cm³/mol. The van der Waals surface area contributed by atoms with E-state index in [1.807, 2.05) is 27.2 Å². The first kappa shape index (κ1) is 29.1. The third kappa shape index (κ3) is 21.3. The van der Waals surface area contributed by atoms with Crippen molar-refractivity contribution in [2.75, 3.05) is 34.3 Å². The molecule has 0 fully saturated rings. The molecule has 0 bridgehead atoms. The van der Waals surface area contributed by atoms with E-state index in [2.05, 4.69) is 6.58 Å². The summed E-state index contributed by atoms with van der Waals surface area (Å²) in [6.07, 6.45) is 2.44. The molecule has 1 rings (SSSR count). The van der Waals surface area contributed by atoms with Crippen molar-refractivity contribution in [3.8, 4) is 0 Å². The maximum absolute atomic E-state index is 10.6. The number of hydrogen-bond acceptors (Lipinski definition) is 5. The quantitative estimate of drug-likeness (QED) is 0.159. The van der Waals surface area contributed by atoms with Crippen LogP contribution >= 0.6 is 0 Å². The molecule has 9 heteroatoms. The van der Waals surface area contributed by atoms with E-state index in [0.29, 0.717) is 17.6 Å². The van der Waals surface area contributed by atoms with E-state index in [1.54, 1.807) is 24.3 Å². The zero-order chi connectivity index (χ0) is 17.9. The van der Waals surface area contributed by atoms with Crippen LogP contribution in [0.5, 0.6) is 0 Å². The van der Waals surface area contributed by atoms with Crippen molar-refractivity contribution in [2.24, 2.45) is 0 Å². The Balaban J connectivity index is -0.000000360. The topological polar surface area (TPSA) is 83.5 Å². The fraction of sp³-hybridized carbons (Fsp3) is 0.312. The Kier molecular flexibility index (Phi) is 16.9. The predicted octanol–water partition coefficient (Wildman–Crippen LogP) is -4.37. The molecule has 0 radical (unpaired) electrons. The first-order chi connectivity index (χ1) is 10.5. The normalized spacial score (nSPS) is 10.6. The van der Waals surface area contributed by atoms with Gasteiger partial charge in [-0.05, 0) is 11.6 Å². The van der Waals surface area contributed by atoms with Crippen molar-refractivity contribution in [2.45, 2.75) is 0 Å². The maximum Gasteiger partial charge on any atom is 1.00 e. The molecule has 0 N–H and O–H groups in total. The number of likely N-dealkylation sites (N-methyl/N-ethyl adjacent to an activating group) is 1. The molecule has 0 heterocycles. The molecular formula is C16H23ClNNaO5S. The van der Waals surface area contributed by atoms with Crippen LogP contribution in [-0.4, -0.2) is 57.7 Å². The minimum atomic E-state index is -4.25. The van der Waals surface area contributed by atoms with Crippen LogP contribution in [0.2, 0.25) is 0 Å². The largest absolute Gasteiger partial charge is 1.00 e. The van der Waals surface area contributed by atoms with Gasteiger partial charge in [0.2, 0.25) is 0 Å². The number of ether oxygens (including phenoxy) is 1. The molecular weight excluding hydrogens is 377 g/mol. The van der Waals surface area contributed by atoms with Gasteiger partial charge in [0.05, 0.1) is 21.1 Å². The minimum absolute atomic E-state index is 0. The summed E-state index contributed by atoms with van der Waals surface area (Å²) in [4.78, 5) is 10.6. The monoisotopic (exact) mass is 399 g/mol. The van der Waals surface area contributed by atoms with E-state index >= 15 is 0 Å². The molecule has 0 unspecified atom stereocenters. The molecule has 0 saturated carbocycles. The molecule has 0 atom stereocenters. The van der Waals surface area contributed by atoms with Crippen LogP contribution in [0.25, 0.3) is 6.08 Å². The fourth-order valence-electron chi connectivity index (χ4n) is 1.21. The Morgan fingerprint density at radius 1 is 1.24 bits per heavy atom. The molecule has 0 aliphatic heterocycles. The van der Waals surface area contributed by atoms with Crippen LogP contribution in [0.4, 0.5) is 0 Å². The molecule has 0 aromatic heterocycles. The summed E-state index contributed by atoms with van der Waals surface area (Å²) >= 11 is 0. The van der Waals surface area contributed by atoms with Gasteiger partial charge in [-0.3, -0.25) is 0 Å². The number of rotatable bonds is 6. The van der Waals surface area contributed by atoms with E-state index in [-0.39, 0.29) is 47.9 Å². The van der Waals surface area contributed by atoms with Crippen LogP contribution in [-0.2, 0) is 19.6 Å². The van der Waals surface area contributed by atoms with Gasteiger partial charge in [-0.25, -0.2) is 13.2 Å². The van der Waals surface area contributed by atoms with Crippen LogP contribution < -0.4 is 42.0 Å². The van der Waals surface area contributed by atoms with Crippen molar-refractivity contribution in [3.05, 3.63) is 54.0 Å². The van der Waals surface area contributed by atoms with Gasteiger partial charge in [-0.1, -0.05) is 36.9 Å². The van der Waals surface area contributed by atoms with Gasteiger partial charge in [0.1, 0.15) is 23.3 Å². The molecule has 1 aromatic carbocycles. The summed E-state index contributed by atoms with van der Waals surface area (Å²) in [5.74, 6) is -0.349. The maximum atomic E-state index is 10.6. The van der Waals surface area contributed by atoms with Gasteiger partial charge in [-0.2, -0.15) is 0 Å². The van der Waals surface area contributed by atoms with Gasteiger partial charge < -0.3 is 26.2 Å². The number of halogens is 1. The Morgan fingerprint density at radius 2 is 1.76 bits per heavy atom. The van der Waals surface area contributed by atoms with Crippen molar-refractivity contribution < 1.29 is 68.9 Å². The molecule has 6 nitrogen and oxygen atoms in total. The molecule has 1 aromatic rings. The Morgan fingerprint density at radius 3 is 2.16 bits per heavy atom. The molecule has 0 saturated heterocycles. The molecule has 0 aliphatic rings. The van der Waals surface area contributed by atoms with E-state index in [4.69, 9.17) is 4.74 Å². The van der Waals surface area contributed by atoms with E-state index in [9.17, 15) is 17.8 Å². The fourth-order valence-corrected chi connectivity index (χ4v) is 1.53. The Bertz CT molecular complexity index is 628. The van der Waals surface area contributed by atoms with E-state index < -0.39 is 10.1 Å². The number of hydrogen-bond donors (Lipinski definition) is 0. The van der Waals surface area contributed by atoms with E-state index in [1.165, 1.54) is 12.2 Å².